The van der Waals surface area contributed by atoms with E-state index in [4.69, 9.17) is 26.0 Å². The lowest BCUT2D eigenvalue weighted by Gasteiger charge is -2.04. The molecule has 0 amide bonds. The van der Waals surface area contributed by atoms with Crippen molar-refractivity contribution < 1.29 is 14.5 Å². The summed E-state index contributed by atoms with van der Waals surface area (Å²) >= 11 is 0. The van der Waals surface area contributed by atoms with Crippen molar-refractivity contribution in [2.24, 2.45) is 11.5 Å². The molecular weight excluding hydrogens is 172 g/mol. The molecular formula is C8H20N2O3. The molecule has 0 rings (SSSR count). The lowest BCUT2D eigenvalue weighted by molar-refractivity contribution is -0.299. The van der Waals surface area contributed by atoms with Gasteiger partial charge in [-0.15, -0.1) is 0 Å². The van der Waals surface area contributed by atoms with Gasteiger partial charge in [0.15, 0.2) is 0 Å². The lowest BCUT2D eigenvalue weighted by Crippen LogP contribution is -2.10. The van der Waals surface area contributed by atoms with E-state index >= 15 is 0 Å². The predicted octanol–water partition coefficient (Wildman–Crippen LogP) is -0.351. The van der Waals surface area contributed by atoms with E-state index in [0.29, 0.717) is 39.5 Å². The maximum absolute atomic E-state index is 5.28. The van der Waals surface area contributed by atoms with E-state index in [1.165, 1.54) is 0 Å². The van der Waals surface area contributed by atoms with Gasteiger partial charge in [0.2, 0.25) is 0 Å². The van der Waals surface area contributed by atoms with E-state index in [0.717, 1.165) is 12.8 Å². The van der Waals surface area contributed by atoms with Crippen molar-refractivity contribution in [2.75, 3.05) is 39.5 Å². The van der Waals surface area contributed by atoms with E-state index in [-0.39, 0.29) is 0 Å². The Balaban J connectivity index is 2.76. The molecule has 0 spiro atoms. The third-order valence-electron chi connectivity index (χ3n) is 1.32. The molecule has 80 valence electrons. The molecule has 0 aliphatic heterocycles. The van der Waals surface area contributed by atoms with Crippen molar-refractivity contribution in [3.63, 3.8) is 0 Å². The zero-order chi connectivity index (χ0) is 9.78. The molecule has 0 heterocycles. The summed E-state index contributed by atoms with van der Waals surface area (Å²) in [4.78, 5) is 9.60. The Morgan fingerprint density at radius 3 is 2.00 bits per heavy atom. The van der Waals surface area contributed by atoms with Gasteiger partial charge in [0, 0.05) is 6.61 Å². The third-order valence-corrected chi connectivity index (χ3v) is 1.32. The largest absolute Gasteiger partial charge is 0.379 e. The molecule has 0 saturated carbocycles. The van der Waals surface area contributed by atoms with Gasteiger partial charge in [-0.25, -0.2) is 9.78 Å². The maximum atomic E-state index is 5.28. The zero-order valence-electron chi connectivity index (χ0n) is 8.04. The third kappa shape index (κ3) is 11.8. The lowest BCUT2D eigenvalue weighted by atomic mass is 10.5. The molecule has 0 aromatic carbocycles. The number of ether oxygens (including phenoxy) is 1. The second kappa shape index (κ2) is 11.8. The Morgan fingerprint density at radius 1 is 0.692 bits per heavy atom. The molecule has 13 heavy (non-hydrogen) atoms. The molecule has 0 bridgehead atoms. The second-order valence-corrected chi connectivity index (χ2v) is 2.54. The highest BCUT2D eigenvalue weighted by molar-refractivity contribution is 4.35. The van der Waals surface area contributed by atoms with Gasteiger partial charge in [0.1, 0.15) is 6.61 Å². The van der Waals surface area contributed by atoms with Gasteiger partial charge in [0.05, 0.1) is 13.2 Å². The monoisotopic (exact) mass is 192 g/mol. The minimum atomic E-state index is 0.454. The van der Waals surface area contributed by atoms with E-state index in [1.807, 2.05) is 0 Å². The van der Waals surface area contributed by atoms with Crippen LogP contribution in [0, 0.1) is 0 Å². The Morgan fingerprint density at radius 2 is 1.31 bits per heavy atom. The van der Waals surface area contributed by atoms with Gasteiger partial charge in [-0.2, -0.15) is 0 Å². The van der Waals surface area contributed by atoms with E-state index < -0.39 is 0 Å². The van der Waals surface area contributed by atoms with Gasteiger partial charge in [-0.3, -0.25) is 0 Å². The summed E-state index contributed by atoms with van der Waals surface area (Å²) in [7, 11) is 0. The molecule has 0 aromatic rings. The van der Waals surface area contributed by atoms with Gasteiger partial charge in [-0.1, -0.05) is 0 Å². The van der Waals surface area contributed by atoms with Gasteiger partial charge >= 0.3 is 0 Å². The molecule has 0 atom stereocenters. The molecule has 0 radical (unpaired) electrons. The van der Waals surface area contributed by atoms with Crippen LogP contribution in [0.25, 0.3) is 0 Å². The Hall–Kier alpha value is -0.200. The fraction of sp³-hybridized carbons (Fsp3) is 1.00. The van der Waals surface area contributed by atoms with Crippen molar-refractivity contribution in [3.05, 3.63) is 0 Å². The Kier molecular flexibility index (Phi) is 11.6. The van der Waals surface area contributed by atoms with Crippen molar-refractivity contribution in [2.45, 2.75) is 12.8 Å². The smallest absolute Gasteiger partial charge is 0.106 e. The number of nitrogens with two attached hydrogens (primary N) is 2. The summed E-state index contributed by atoms with van der Waals surface area (Å²) in [5.41, 5.74) is 10.5. The highest BCUT2D eigenvalue weighted by Crippen LogP contribution is 1.84. The summed E-state index contributed by atoms with van der Waals surface area (Å²) in [5, 5.41) is 0. The van der Waals surface area contributed by atoms with Crippen LogP contribution >= 0.6 is 0 Å². The van der Waals surface area contributed by atoms with Gasteiger partial charge < -0.3 is 16.2 Å². The molecule has 0 aromatic heterocycles. The normalized spacial score (nSPS) is 10.6. The molecule has 5 heteroatoms. The fourth-order valence-corrected chi connectivity index (χ4v) is 0.641. The predicted molar refractivity (Wildman–Crippen MR) is 50.1 cm³/mol. The van der Waals surface area contributed by atoms with E-state index in [2.05, 4.69) is 0 Å². The summed E-state index contributed by atoms with van der Waals surface area (Å²) in [6.45, 7) is 3.50. The average Bonchev–Trinajstić information content (AvgIpc) is 2.16. The first-order chi connectivity index (χ1) is 6.41. The van der Waals surface area contributed by atoms with E-state index in [1.54, 1.807) is 0 Å². The molecule has 0 aliphatic rings. The van der Waals surface area contributed by atoms with Crippen LogP contribution in [0.5, 0.6) is 0 Å². The van der Waals surface area contributed by atoms with Crippen molar-refractivity contribution >= 4 is 0 Å². The van der Waals surface area contributed by atoms with Crippen LogP contribution in [-0.4, -0.2) is 39.5 Å². The highest BCUT2D eigenvalue weighted by Gasteiger charge is 1.90. The molecule has 4 N–H and O–H groups in total. The number of hydrogen-bond donors (Lipinski definition) is 2. The summed E-state index contributed by atoms with van der Waals surface area (Å²) in [6, 6.07) is 0. The minimum Gasteiger partial charge on any atom is -0.379 e. The van der Waals surface area contributed by atoms with Crippen LogP contribution in [-0.2, 0) is 14.5 Å². The van der Waals surface area contributed by atoms with Gasteiger partial charge in [-0.05, 0) is 25.9 Å². The Bertz CT molecular complexity index is 83.5. The van der Waals surface area contributed by atoms with Crippen LogP contribution in [0.2, 0.25) is 0 Å². The van der Waals surface area contributed by atoms with Crippen LogP contribution in [0.3, 0.4) is 0 Å². The molecule has 0 saturated heterocycles. The van der Waals surface area contributed by atoms with Crippen LogP contribution in [0.1, 0.15) is 12.8 Å². The van der Waals surface area contributed by atoms with Gasteiger partial charge in [0.25, 0.3) is 0 Å². The average molecular weight is 192 g/mol. The standard InChI is InChI=1S/C8H20N2O3/c9-3-1-5-11-7-8-13-12-6-2-4-10/h1-10H2. The number of rotatable bonds is 10. The first-order valence-corrected chi connectivity index (χ1v) is 4.64. The quantitative estimate of drug-likeness (QED) is 0.281. The highest BCUT2D eigenvalue weighted by atomic mass is 17.2. The van der Waals surface area contributed by atoms with Crippen molar-refractivity contribution in [3.8, 4) is 0 Å². The molecule has 5 nitrogen and oxygen atoms in total. The maximum Gasteiger partial charge on any atom is 0.106 e. The van der Waals surface area contributed by atoms with Crippen LogP contribution in [0.4, 0.5) is 0 Å². The number of hydrogen-bond acceptors (Lipinski definition) is 5. The summed E-state index contributed by atoms with van der Waals surface area (Å²) in [5.74, 6) is 0. The fourth-order valence-electron chi connectivity index (χ4n) is 0.641. The second-order valence-electron chi connectivity index (χ2n) is 2.54. The zero-order valence-corrected chi connectivity index (χ0v) is 8.04. The Labute approximate surface area is 79.2 Å². The topological polar surface area (TPSA) is 79.7 Å². The molecule has 0 unspecified atom stereocenters. The van der Waals surface area contributed by atoms with Crippen LogP contribution in [0.15, 0.2) is 0 Å². The van der Waals surface area contributed by atoms with Crippen molar-refractivity contribution in [1.82, 2.24) is 0 Å². The first kappa shape index (κ1) is 12.8. The molecule has 0 fully saturated rings. The minimum absolute atomic E-state index is 0.454. The van der Waals surface area contributed by atoms with Crippen molar-refractivity contribution in [1.29, 1.82) is 0 Å². The summed E-state index contributed by atoms with van der Waals surface area (Å²) in [6.07, 6.45) is 1.70. The SMILES string of the molecule is NCCCOCCOOCCCN. The first-order valence-electron chi connectivity index (χ1n) is 4.64. The van der Waals surface area contributed by atoms with E-state index in [9.17, 15) is 0 Å². The molecule has 0 aliphatic carbocycles. The van der Waals surface area contributed by atoms with Crippen LogP contribution < -0.4 is 11.5 Å². The summed E-state index contributed by atoms with van der Waals surface area (Å²) < 4.78 is 5.17.